The highest BCUT2D eigenvalue weighted by molar-refractivity contribution is 5.86. The monoisotopic (exact) mass is 253 g/mol. The van der Waals surface area contributed by atoms with Crippen LogP contribution in [0.4, 0.5) is 4.79 Å². The van der Waals surface area contributed by atoms with E-state index in [1.165, 1.54) is 12.8 Å². The Morgan fingerprint density at radius 2 is 1.78 bits per heavy atom. The number of hydrogen-bond acceptors (Lipinski definition) is 2. The zero-order chi connectivity index (χ0) is 13.0. The lowest BCUT2D eigenvalue weighted by Gasteiger charge is -2.30. The summed E-state index contributed by atoms with van der Waals surface area (Å²) in [5.41, 5.74) is 0. The van der Waals surface area contributed by atoms with Gasteiger partial charge in [-0.25, -0.2) is 4.79 Å². The van der Waals surface area contributed by atoms with Crippen LogP contribution in [-0.4, -0.2) is 42.0 Å². The van der Waals surface area contributed by atoms with Crippen molar-refractivity contribution >= 4 is 11.9 Å². The number of amides is 3. The molecule has 0 spiro atoms. The predicted octanol–water partition coefficient (Wildman–Crippen LogP) is 1.24. The summed E-state index contributed by atoms with van der Waals surface area (Å²) in [6, 6.07) is -0.331. The fraction of sp³-hybridized carbons (Fsp3) is 0.846. The van der Waals surface area contributed by atoms with Crippen LogP contribution in [-0.2, 0) is 4.79 Å². The topological polar surface area (TPSA) is 61.4 Å². The van der Waals surface area contributed by atoms with Gasteiger partial charge < -0.3 is 15.5 Å². The van der Waals surface area contributed by atoms with Crippen molar-refractivity contribution < 1.29 is 9.59 Å². The zero-order valence-corrected chi connectivity index (χ0v) is 11.1. The van der Waals surface area contributed by atoms with Crippen molar-refractivity contribution in [1.82, 2.24) is 15.5 Å². The first-order chi connectivity index (χ1) is 8.66. The Morgan fingerprint density at radius 1 is 1.11 bits per heavy atom. The van der Waals surface area contributed by atoms with Gasteiger partial charge in [-0.05, 0) is 45.4 Å². The Kier molecular flexibility index (Phi) is 4.44. The van der Waals surface area contributed by atoms with Crippen LogP contribution < -0.4 is 10.6 Å². The van der Waals surface area contributed by atoms with Crippen molar-refractivity contribution in [1.29, 1.82) is 0 Å². The highest BCUT2D eigenvalue weighted by Gasteiger charge is 2.25. The Labute approximate surface area is 108 Å². The molecule has 5 nitrogen and oxygen atoms in total. The van der Waals surface area contributed by atoms with Crippen molar-refractivity contribution in [2.24, 2.45) is 0 Å². The van der Waals surface area contributed by atoms with Crippen molar-refractivity contribution in [3.05, 3.63) is 0 Å². The van der Waals surface area contributed by atoms with E-state index in [0.29, 0.717) is 6.04 Å². The number of rotatable bonds is 3. The van der Waals surface area contributed by atoms with Gasteiger partial charge in [-0.2, -0.15) is 0 Å². The molecule has 102 valence electrons. The molecule has 1 aliphatic carbocycles. The Balaban J connectivity index is 1.73. The van der Waals surface area contributed by atoms with Crippen molar-refractivity contribution in [2.45, 2.75) is 57.5 Å². The number of carbonyl (C=O) groups excluding carboxylic acids is 2. The maximum absolute atomic E-state index is 12.1. The first-order valence-electron chi connectivity index (χ1n) is 7.02. The molecule has 2 aliphatic rings. The Bertz CT molecular complexity index is 309. The third-order valence-electron chi connectivity index (χ3n) is 3.83. The van der Waals surface area contributed by atoms with Gasteiger partial charge in [0.15, 0.2) is 0 Å². The molecule has 1 atom stereocenters. The lowest BCUT2D eigenvalue weighted by Crippen LogP contribution is -2.53. The quantitative estimate of drug-likeness (QED) is 0.795. The molecular formula is C13H23N3O2. The number of likely N-dealkylation sites (tertiary alicyclic amines) is 1. The average molecular weight is 253 g/mol. The second kappa shape index (κ2) is 6.07. The minimum absolute atomic E-state index is 0.0402. The van der Waals surface area contributed by atoms with Gasteiger partial charge in [0.05, 0.1) is 0 Å². The molecule has 0 aromatic rings. The second-order valence-electron chi connectivity index (χ2n) is 5.35. The third kappa shape index (κ3) is 3.37. The minimum Gasteiger partial charge on any atom is -0.341 e. The number of piperidine rings is 1. The summed E-state index contributed by atoms with van der Waals surface area (Å²) >= 11 is 0. The van der Waals surface area contributed by atoms with Gasteiger partial charge in [-0.1, -0.05) is 0 Å². The van der Waals surface area contributed by atoms with Crippen LogP contribution in [0.2, 0.25) is 0 Å². The Morgan fingerprint density at radius 3 is 2.33 bits per heavy atom. The minimum atomic E-state index is -0.428. The zero-order valence-electron chi connectivity index (χ0n) is 11.1. The highest BCUT2D eigenvalue weighted by Crippen LogP contribution is 2.17. The lowest BCUT2D eigenvalue weighted by atomic mass is 9.93. The fourth-order valence-electron chi connectivity index (χ4n) is 2.43. The molecule has 1 saturated heterocycles. The normalized spacial score (nSPS) is 21.9. The molecule has 2 rings (SSSR count). The van der Waals surface area contributed by atoms with E-state index in [1.54, 1.807) is 6.92 Å². The van der Waals surface area contributed by atoms with E-state index in [-0.39, 0.29) is 11.9 Å². The molecule has 0 radical (unpaired) electrons. The van der Waals surface area contributed by atoms with Gasteiger partial charge in [0.2, 0.25) is 5.91 Å². The van der Waals surface area contributed by atoms with Crippen LogP contribution in [0, 0.1) is 0 Å². The van der Waals surface area contributed by atoms with Crippen LogP contribution in [0.5, 0.6) is 0 Å². The van der Waals surface area contributed by atoms with Gasteiger partial charge in [-0.3, -0.25) is 4.79 Å². The van der Waals surface area contributed by atoms with Crippen molar-refractivity contribution in [3.63, 3.8) is 0 Å². The van der Waals surface area contributed by atoms with Gasteiger partial charge >= 0.3 is 6.03 Å². The van der Waals surface area contributed by atoms with Crippen molar-refractivity contribution in [3.8, 4) is 0 Å². The molecule has 1 saturated carbocycles. The molecule has 0 aromatic carbocycles. The van der Waals surface area contributed by atoms with E-state index in [9.17, 15) is 9.59 Å². The van der Waals surface area contributed by atoms with Crippen LogP contribution >= 0.6 is 0 Å². The molecule has 1 heterocycles. The maximum Gasteiger partial charge on any atom is 0.315 e. The highest BCUT2D eigenvalue weighted by atomic mass is 16.2. The number of hydrogen-bond donors (Lipinski definition) is 2. The standard InChI is InChI=1S/C13H23N3O2/c1-10(12(17)16-8-3-2-4-9-16)14-13(18)15-11-6-5-7-11/h10-11H,2-9H2,1H3,(H2,14,15,18). The number of urea groups is 1. The SMILES string of the molecule is CC(NC(=O)NC1CCC1)C(=O)N1CCCCC1. The summed E-state index contributed by atoms with van der Waals surface area (Å²) in [7, 11) is 0. The fourth-order valence-corrected chi connectivity index (χ4v) is 2.43. The molecule has 0 aromatic heterocycles. The molecule has 3 amide bonds. The van der Waals surface area contributed by atoms with E-state index in [4.69, 9.17) is 0 Å². The van der Waals surface area contributed by atoms with Crippen LogP contribution in [0.3, 0.4) is 0 Å². The summed E-state index contributed by atoms with van der Waals surface area (Å²) in [6.45, 7) is 3.42. The van der Waals surface area contributed by atoms with Crippen molar-refractivity contribution in [2.75, 3.05) is 13.1 Å². The van der Waals surface area contributed by atoms with Crippen LogP contribution in [0.15, 0.2) is 0 Å². The summed E-state index contributed by atoms with van der Waals surface area (Å²) in [5, 5.41) is 5.62. The third-order valence-corrected chi connectivity index (χ3v) is 3.83. The van der Waals surface area contributed by atoms with Crippen LogP contribution in [0.1, 0.15) is 45.4 Å². The van der Waals surface area contributed by atoms with Gasteiger partial charge in [0.25, 0.3) is 0 Å². The van der Waals surface area contributed by atoms with E-state index in [1.807, 2.05) is 4.90 Å². The molecular weight excluding hydrogens is 230 g/mol. The predicted molar refractivity (Wildman–Crippen MR) is 69.2 cm³/mol. The molecule has 18 heavy (non-hydrogen) atoms. The molecule has 1 aliphatic heterocycles. The number of carbonyl (C=O) groups is 2. The second-order valence-corrected chi connectivity index (χ2v) is 5.35. The van der Waals surface area contributed by atoms with E-state index in [0.717, 1.165) is 38.8 Å². The maximum atomic E-state index is 12.1. The summed E-state index contributed by atoms with van der Waals surface area (Å²) in [6.07, 6.45) is 6.66. The van der Waals surface area contributed by atoms with E-state index in [2.05, 4.69) is 10.6 Å². The Hall–Kier alpha value is -1.26. The van der Waals surface area contributed by atoms with E-state index < -0.39 is 6.04 Å². The average Bonchev–Trinajstić information content (AvgIpc) is 2.34. The molecule has 1 unspecified atom stereocenters. The lowest BCUT2D eigenvalue weighted by molar-refractivity contribution is -0.133. The number of nitrogens with one attached hydrogen (secondary N) is 2. The first-order valence-corrected chi connectivity index (χ1v) is 7.02. The smallest absolute Gasteiger partial charge is 0.315 e. The molecule has 5 heteroatoms. The number of nitrogens with zero attached hydrogens (tertiary/aromatic N) is 1. The van der Waals surface area contributed by atoms with Gasteiger partial charge in [-0.15, -0.1) is 0 Å². The van der Waals surface area contributed by atoms with Gasteiger partial charge in [0, 0.05) is 19.1 Å². The first kappa shape index (κ1) is 13.2. The molecule has 0 bridgehead atoms. The van der Waals surface area contributed by atoms with Crippen LogP contribution in [0.25, 0.3) is 0 Å². The van der Waals surface area contributed by atoms with E-state index >= 15 is 0 Å². The molecule has 2 N–H and O–H groups in total. The largest absolute Gasteiger partial charge is 0.341 e. The summed E-state index contributed by atoms with van der Waals surface area (Å²) in [5.74, 6) is 0.0402. The molecule has 2 fully saturated rings. The van der Waals surface area contributed by atoms with Gasteiger partial charge in [0.1, 0.15) is 6.04 Å². The summed E-state index contributed by atoms with van der Waals surface area (Å²) < 4.78 is 0. The summed E-state index contributed by atoms with van der Waals surface area (Å²) in [4.78, 5) is 25.6.